The summed E-state index contributed by atoms with van der Waals surface area (Å²) in [7, 11) is 0. The Morgan fingerprint density at radius 1 is 0.899 bits per heavy atom. The number of ether oxygens (including phenoxy) is 1. The SMILES string of the molecule is CCc1cccc2cc(O)cc(-c3ncc4c(N5CC6CCC(C5)N6)nc(OCC5(CN6CC(N7CC8(CCN(c9ccc%10c(c9)CN(C9CCC(=O)NC9=O)C%10=O)CC8)C7)C6)CC5)nc4c3F)c12. The van der Waals surface area contributed by atoms with E-state index in [1.54, 1.807) is 23.2 Å². The molecule has 69 heavy (non-hydrogen) atoms. The van der Waals surface area contributed by atoms with Gasteiger partial charge in [0.15, 0.2) is 5.82 Å². The van der Waals surface area contributed by atoms with Crippen molar-refractivity contribution in [2.45, 2.75) is 95.4 Å². The Balaban J connectivity index is 0.645. The van der Waals surface area contributed by atoms with Gasteiger partial charge in [-0.1, -0.05) is 25.1 Å². The molecule has 1 saturated carbocycles. The maximum Gasteiger partial charge on any atom is 0.319 e. The number of anilines is 2. The number of hydrogen-bond donors (Lipinski definition) is 3. The number of phenols is 1. The Kier molecular flexibility index (Phi) is 10.2. The van der Waals surface area contributed by atoms with Crippen molar-refractivity contribution in [2.24, 2.45) is 10.8 Å². The number of amides is 3. The summed E-state index contributed by atoms with van der Waals surface area (Å²) in [5.74, 6) is -0.607. The van der Waals surface area contributed by atoms with Gasteiger partial charge in [0.25, 0.3) is 5.91 Å². The third-order valence-electron chi connectivity index (χ3n) is 17.1. The number of likely N-dealkylation sites (tertiary alicyclic amines) is 2. The van der Waals surface area contributed by atoms with Gasteiger partial charge < -0.3 is 29.9 Å². The summed E-state index contributed by atoms with van der Waals surface area (Å²) in [5, 5.41) is 19.1. The van der Waals surface area contributed by atoms with Crippen molar-refractivity contribution in [1.29, 1.82) is 0 Å². The van der Waals surface area contributed by atoms with Crippen molar-refractivity contribution in [3.05, 3.63) is 77.2 Å². The molecule has 0 radical (unpaired) electrons. The molecule has 2 bridgehead atoms. The van der Waals surface area contributed by atoms with Gasteiger partial charge in [-0.15, -0.1) is 0 Å². The molecule has 1 aliphatic carbocycles. The topological polar surface area (TPSA) is 160 Å². The third-order valence-corrected chi connectivity index (χ3v) is 17.1. The van der Waals surface area contributed by atoms with E-state index in [1.165, 1.54) is 0 Å². The summed E-state index contributed by atoms with van der Waals surface area (Å²) >= 11 is 0. The number of carbonyl (C=O) groups is 3. The second kappa shape index (κ2) is 16.3. The molecule has 3 atom stereocenters. The van der Waals surface area contributed by atoms with E-state index in [4.69, 9.17) is 19.7 Å². The average molecular weight is 935 g/mol. The van der Waals surface area contributed by atoms with E-state index >= 15 is 4.39 Å². The monoisotopic (exact) mass is 934 g/mol. The van der Waals surface area contributed by atoms with Crippen LogP contribution in [0.2, 0.25) is 0 Å². The van der Waals surface area contributed by atoms with E-state index in [2.05, 4.69) is 49.3 Å². The molecule has 3 aromatic carbocycles. The number of carbonyl (C=O) groups excluding carboxylic acids is 3. The first-order valence-electron chi connectivity index (χ1n) is 25.2. The van der Waals surface area contributed by atoms with Crippen molar-refractivity contribution in [3.8, 4) is 23.0 Å². The molecule has 16 heteroatoms. The molecule has 8 aliphatic rings. The highest BCUT2D eigenvalue weighted by Crippen LogP contribution is 2.49. The third kappa shape index (κ3) is 7.55. The number of benzene rings is 3. The number of aromatic nitrogens is 3. The van der Waals surface area contributed by atoms with Gasteiger partial charge in [0.05, 0.1) is 12.0 Å². The molecule has 3 amide bonds. The number of halogens is 1. The van der Waals surface area contributed by atoms with Crippen LogP contribution in [0.5, 0.6) is 11.8 Å². The van der Waals surface area contributed by atoms with E-state index < -0.39 is 11.9 Å². The fraction of sp³-hybridized carbons (Fsp3) is 0.509. The van der Waals surface area contributed by atoms with Crippen LogP contribution in [0.25, 0.3) is 32.9 Å². The van der Waals surface area contributed by atoms with Crippen LogP contribution in [0.1, 0.15) is 79.8 Å². The number of rotatable bonds is 11. The van der Waals surface area contributed by atoms with Crippen LogP contribution < -0.4 is 25.2 Å². The molecule has 2 aromatic heterocycles. The van der Waals surface area contributed by atoms with Gasteiger partial charge in [-0.2, -0.15) is 9.97 Å². The predicted octanol–water partition coefficient (Wildman–Crippen LogP) is 5.40. The Labute approximate surface area is 400 Å². The first kappa shape index (κ1) is 43.1. The van der Waals surface area contributed by atoms with Crippen LogP contribution in [0.3, 0.4) is 0 Å². The van der Waals surface area contributed by atoms with Crippen molar-refractivity contribution in [1.82, 2.24) is 40.3 Å². The van der Waals surface area contributed by atoms with E-state index in [-0.39, 0.29) is 52.5 Å². The summed E-state index contributed by atoms with van der Waals surface area (Å²) in [6.45, 7) is 11.8. The summed E-state index contributed by atoms with van der Waals surface area (Å²) in [6, 6.07) is 16.2. The zero-order valence-corrected chi connectivity index (χ0v) is 39.2. The number of imide groups is 1. The Bertz CT molecular complexity index is 2930. The Morgan fingerprint density at radius 3 is 2.45 bits per heavy atom. The molecule has 3 unspecified atom stereocenters. The minimum atomic E-state index is -0.603. The lowest BCUT2D eigenvalue weighted by molar-refractivity contribution is -0.136. The number of nitrogens with one attached hydrogen (secondary N) is 2. The fourth-order valence-corrected chi connectivity index (χ4v) is 13.0. The first-order chi connectivity index (χ1) is 33.5. The highest BCUT2D eigenvalue weighted by Gasteiger charge is 2.52. The number of nitrogens with zero attached hydrogens (tertiary/aromatic N) is 8. The summed E-state index contributed by atoms with van der Waals surface area (Å²) in [5.41, 5.74) is 5.05. The molecule has 15 nitrogen and oxygen atoms in total. The van der Waals surface area contributed by atoms with E-state index in [9.17, 15) is 19.5 Å². The number of piperazine rings is 1. The lowest BCUT2D eigenvalue weighted by atomic mass is 9.71. The summed E-state index contributed by atoms with van der Waals surface area (Å²) in [6.07, 6.45) is 9.71. The van der Waals surface area contributed by atoms with Gasteiger partial charge in [-0.05, 0) is 109 Å². The maximum absolute atomic E-state index is 17.2. The molecule has 3 N–H and O–H groups in total. The largest absolute Gasteiger partial charge is 0.508 e. The maximum atomic E-state index is 17.2. The Hall–Kier alpha value is -5.97. The number of phenolic OH excluding ortho intramolecular Hbond substituents is 1. The van der Waals surface area contributed by atoms with Crippen molar-refractivity contribution in [3.63, 3.8) is 0 Å². The van der Waals surface area contributed by atoms with Gasteiger partial charge in [0.2, 0.25) is 11.8 Å². The van der Waals surface area contributed by atoms with Crippen LogP contribution in [0.15, 0.2) is 54.7 Å². The van der Waals surface area contributed by atoms with Crippen molar-refractivity contribution < 1.29 is 28.6 Å². The fourth-order valence-electron chi connectivity index (χ4n) is 13.0. The normalized spacial score (nSPS) is 25.3. The van der Waals surface area contributed by atoms with Gasteiger partial charge in [0.1, 0.15) is 28.8 Å². The number of aromatic hydroxyl groups is 1. The Morgan fingerprint density at radius 2 is 1.70 bits per heavy atom. The van der Waals surface area contributed by atoms with Crippen LogP contribution >= 0.6 is 0 Å². The molecule has 1 spiro atoms. The lowest BCUT2D eigenvalue weighted by Crippen LogP contribution is -2.70. The van der Waals surface area contributed by atoms with E-state index in [1.807, 2.05) is 24.3 Å². The molecule has 6 saturated heterocycles. The standard InChI is InChI=1S/C53H59FN10O5/c1-2-31-4-3-5-32-19-38(65)20-40(44(31)32)46-45(54)47-41(21-55-46)48(62-23-34-6-7-35(24-62)56-34)59-51(58-47)69-30-53(12-13-53)27-60-25-37(26-60)63-28-52(29-63)14-16-61(17-15-52)36-8-9-39-33(18-36)22-64(50(39)68)42-10-11-43(66)57-49(42)67/h3-5,8-9,18-21,34-35,37,42,56,65H,2,6-7,10-17,22-30H2,1H3,(H,57,66,67). The van der Waals surface area contributed by atoms with Gasteiger partial charge in [-0.3, -0.25) is 34.5 Å². The van der Waals surface area contributed by atoms with Crippen molar-refractivity contribution in [2.75, 3.05) is 75.3 Å². The minimum Gasteiger partial charge on any atom is -0.508 e. The molecule has 358 valence electrons. The number of pyridine rings is 1. The highest BCUT2D eigenvalue weighted by atomic mass is 19.1. The molecular weight excluding hydrogens is 876 g/mol. The predicted molar refractivity (Wildman–Crippen MR) is 259 cm³/mol. The number of aryl methyl sites for hydroxylation is 1. The smallest absolute Gasteiger partial charge is 0.319 e. The molecule has 13 rings (SSSR count). The average Bonchev–Trinajstić information content (AvgIpc) is 3.91. The van der Waals surface area contributed by atoms with E-state index in [0.717, 1.165) is 131 Å². The number of hydrogen-bond acceptors (Lipinski definition) is 13. The minimum absolute atomic E-state index is 0.0215. The van der Waals surface area contributed by atoms with Gasteiger partial charge in [-0.25, -0.2) is 4.39 Å². The zero-order chi connectivity index (χ0) is 46.8. The molecule has 5 aromatic rings. The van der Waals surface area contributed by atoms with Crippen LogP contribution in [0.4, 0.5) is 15.9 Å². The first-order valence-corrected chi connectivity index (χ1v) is 25.2. The lowest BCUT2D eigenvalue weighted by Gasteiger charge is -2.60. The molecular formula is C53H59FN10O5. The second-order valence-corrected chi connectivity index (χ2v) is 21.7. The van der Waals surface area contributed by atoms with Crippen LogP contribution in [-0.4, -0.2) is 142 Å². The quantitative estimate of drug-likeness (QED) is 0.145. The molecule has 7 aliphatic heterocycles. The zero-order valence-electron chi connectivity index (χ0n) is 39.2. The van der Waals surface area contributed by atoms with Crippen LogP contribution in [0, 0.1) is 16.6 Å². The highest BCUT2D eigenvalue weighted by molar-refractivity contribution is 6.06. The second-order valence-electron chi connectivity index (χ2n) is 21.7. The van der Waals surface area contributed by atoms with Crippen LogP contribution in [-0.2, 0) is 22.6 Å². The molecule has 9 heterocycles. The number of fused-ring (bicyclic) bond motifs is 5. The number of piperidine rings is 2. The summed E-state index contributed by atoms with van der Waals surface area (Å²) in [4.78, 5) is 63.6. The van der Waals surface area contributed by atoms with Crippen molar-refractivity contribution >= 4 is 50.9 Å². The van der Waals surface area contributed by atoms with Gasteiger partial charge >= 0.3 is 6.01 Å². The molecule has 7 fully saturated rings. The summed E-state index contributed by atoms with van der Waals surface area (Å²) < 4.78 is 23.7. The van der Waals surface area contributed by atoms with Gasteiger partial charge in [0, 0.05) is 118 Å². The van der Waals surface area contributed by atoms with E-state index in [0.29, 0.717) is 65.4 Å².